The van der Waals surface area contributed by atoms with Gasteiger partial charge in [0, 0.05) is 17.3 Å². The molecule has 2 saturated carbocycles. The number of ketones is 1. The number of aldehydes is 1. The summed E-state index contributed by atoms with van der Waals surface area (Å²) >= 11 is 0. The van der Waals surface area contributed by atoms with Gasteiger partial charge in [-0.25, -0.2) is 14.4 Å². The van der Waals surface area contributed by atoms with Gasteiger partial charge >= 0.3 is 18.5 Å². The van der Waals surface area contributed by atoms with Crippen molar-refractivity contribution in [3.05, 3.63) is 11.1 Å². The number of hydrogen-bond acceptors (Lipinski definition) is 13. The summed E-state index contributed by atoms with van der Waals surface area (Å²) in [5.41, 5.74) is -8.83. The minimum absolute atomic E-state index is 0.0588. The van der Waals surface area contributed by atoms with Gasteiger partial charge in [-0.15, -0.1) is 0 Å². The minimum atomic E-state index is -2.57. The third kappa shape index (κ3) is 5.25. The normalized spacial score (nSPS) is 38.1. The number of hydrogen-bond donors (Lipinski definition) is 2. The van der Waals surface area contributed by atoms with Crippen LogP contribution in [0.25, 0.3) is 0 Å². The Labute approximate surface area is 256 Å². The molecule has 4 rings (SSSR count). The second-order valence-electron chi connectivity index (χ2n) is 15.1. The van der Waals surface area contributed by atoms with Crippen molar-refractivity contribution < 1.29 is 62.6 Å². The molecule has 0 amide bonds. The Morgan fingerprint density at radius 1 is 0.977 bits per heavy atom. The van der Waals surface area contributed by atoms with Crippen molar-refractivity contribution in [3.8, 4) is 0 Å². The molecule has 2 N–H and O–H groups in total. The van der Waals surface area contributed by atoms with Crippen LogP contribution in [-0.2, 0) is 38.0 Å². The maximum atomic E-state index is 14.8. The van der Waals surface area contributed by atoms with E-state index < -0.39 is 87.8 Å². The molecule has 246 valence electrons. The highest BCUT2D eigenvalue weighted by molar-refractivity contribution is 5.95. The summed E-state index contributed by atoms with van der Waals surface area (Å²) in [4.78, 5) is 66.5. The van der Waals surface area contributed by atoms with Gasteiger partial charge in [0.05, 0.1) is 12.0 Å². The van der Waals surface area contributed by atoms with Crippen LogP contribution in [-0.4, -0.2) is 87.6 Å². The number of ether oxygens (including phenoxy) is 6. The van der Waals surface area contributed by atoms with Gasteiger partial charge < -0.3 is 43.4 Å². The predicted molar refractivity (Wildman–Crippen MR) is 150 cm³/mol. The molecule has 3 aliphatic carbocycles. The van der Waals surface area contributed by atoms with Crippen LogP contribution in [0.3, 0.4) is 0 Å². The lowest BCUT2D eigenvalue weighted by Gasteiger charge is -2.60. The van der Waals surface area contributed by atoms with Crippen molar-refractivity contribution in [3.63, 3.8) is 0 Å². The van der Waals surface area contributed by atoms with E-state index in [1.54, 1.807) is 62.3 Å². The number of aliphatic hydroxyl groups is 2. The number of rotatable bonds is 3. The van der Waals surface area contributed by atoms with E-state index in [9.17, 15) is 34.2 Å². The zero-order valence-electron chi connectivity index (χ0n) is 27.0. The molecule has 3 fully saturated rings. The van der Waals surface area contributed by atoms with Crippen LogP contribution in [0.5, 0.6) is 0 Å². The summed E-state index contributed by atoms with van der Waals surface area (Å²) in [5.74, 6) is -2.28. The standard InChI is InChI=1S/C31H44O13/c1-15-16(39-23(35)42-26(2,3)4)13-31-22(41-25(37)44-31)20-29(10,12-11-17(33)30(20,38)14-32)21(34)19(18(15)28(31,8)9)40-24(36)43-27(5,6)7/h14,16-17,19-20,22,33,38H,11-13H2,1-10H3/t16-,17-,19+,20-,22-,29+,30-,31+/m0/s1. The van der Waals surface area contributed by atoms with Gasteiger partial charge in [0.2, 0.25) is 0 Å². The van der Waals surface area contributed by atoms with E-state index in [1.165, 1.54) is 6.92 Å². The number of aliphatic hydroxyl groups excluding tert-OH is 1. The van der Waals surface area contributed by atoms with Crippen LogP contribution in [0, 0.1) is 16.7 Å². The summed E-state index contributed by atoms with van der Waals surface area (Å²) < 4.78 is 34.0. The second kappa shape index (κ2) is 10.4. The van der Waals surface area contributed by atoms with Crippen molar-refractivity contribution in [1.82, 2.24) is 0 Å². The summed E-state index contributed by atoms with van der Waals surface area (Å²) in [7, 11) is 0. The lowest BCUT2D eigenvalue weighted by atomic mass is 9.46. The molecule has 0 aromatic carbocycles. The van der Waals surface area contributed by atoms with Gasteiger partial charge in [-0.1, -0.05) is 20.8 Å². The molecule has 1 aliphatic heterocycles. The molecule has 2 bridgehead atoms. The van der Waals surface area contributed by atoms with Crippen LogP contribution in [0.15, 0.2) is 11.1 Å². The fourth-order valence-corrected chi connectivity index (χ4v) is 7.50. The van der Waals surface area contributed by atoms with Crippen LogP contribution in [0.4, 0.5) is 14.4 Å². The SMILES string of the molecule is CC1=C2[C@@H](OC(=O)OC(C)(C)C)C(=O)[C@]3(C)CC[C@H](O)[C@@](O)(C=O)[C@H]3[C@@H]3OC(=O)O[C@@]3(C[C@@H]1OC(=O)OC(C)(C)C)C2(C)C. The molecule has 0 aromatic heterocycles. The average Bonchev–Trinajstić information content (AvgIpc) is 3.17. The van der Waals surface area contributed by atoms with E-state index in [0.29, 0.717) is 5.57 Å². The molecule has 0 radical (unpaired) electrons. The fourth-order valence-electron chi connectivity index (χ4n) is 7.50. The summed E-state index contributed by atoms with van der Waals surface area (Å²) in [6.07, 6.45) is -9.66. The monoisotopic (exact) mass is 624 g/mol. The molecule has 8 atom stereocenters. The Balaban J connectivity index is 2.02. The summed E-state index contributed by atoms with van der Waals surface area (Å²) in [6, 6.07) is 0. The van der Waals surface area contributed by atoms with E-state index in [2.05, 4.69) is 0 Å². The number of carbonyl (C=O) groups is 5. The summed E-state index contributed by atoms with van der Waals surface area (Å²) in [6.45, 7) is 16.2. The molecule has 13 heteroatoms. The zero-order valence-corrected chi connectivity index (χ0v) is 27.0. The first-order valence-corrected chi connectivity index (χ1v) is 14.7. The van der Waals surface area contributed by atoms with Gasteiger partial charge in [0.15, 0.2) is 35.5 Å². The Bertz CT molecular complexity index is 1290. The van der Waals surface area contributed by atoms with Crippen LogP contribution < -0.4 is 0 Å². The Hall–Kier alpha value is -3.19. The molecular weight excluding hydrogens is 580 g/mol. The number of Topliss-reactive ketones (excluding diaryl/α,β-unsaturated/α-hetero) is 1. The zero-order chi connectivity index (χ0) is 33.4. The quantitative estimate of drug-likeness (QED) is 0.200. The number of carbonyl (C=O) groups excluding carboxylic acids is 5. The highest BCUT2D eigenvalue weighted by Crippen LogP contribution is 2.64. The molecule has 1 spiro atoms. The van der Waals surface area contributed by atoms with Crippen molar-refractivity contribution in [2.24, 2.45) is 16.7 Å². The highest BCUT2D eigenvalue weighted by atomic mass is 16.8. The second-order valence-corrected chi connectivity index (χ2v) is 15.1. The third-order valence-electron chi connectivity index (χ3n) is 9.52. The average molecular weight is 625 g/mol. The van der Waals surface area contributed by atoms with Gasteiger partial charge in [0.25, 0.3) is 0 Å². The fraction of sp³-hybridized carbons (Fsp3) is 0.774. The molecule has 0 aromatic rings. The maximum absolute atomic E-state index is 14.8. The molecule has 0 unspecified atom stereocenters. The Kier molecular flexibility index (Phi) is 7.99. The van der Waals surface area contributed by atoms with Crippen molar-refractivity contribution in [2.45, 2.75) is 135 Å². The largest absolute Gasteiger partial charge is 0.509 e. The Morgan fingerprint density at radius 2 is 1.52 bits per heavy atom. The van der Waals surface area contributed by atoms with Crippen molar-refractivity contribution >= 4 is 30.5 Å². The third-order valence-corrected chi connectivity index (χ3v) is 9.52. The minimum Gasteiger partial charge on any atom is -0.429 e. The molecule has 1 heterocycles. The highest BCUT2D eigenvalue weighted by Gasteiger charge is 2.76. The molecular formula is C31H44O13. The van der Waals surface area contributed by atoms with Crippen LogP contribution in [0.1, 0.15) is 88.5 Å². The first kappa shape index (κ1) is 33.7. The van der Waals surface area contributed by atoms with E-state index in [0.717, 1.165) is 0 Å². The number of fused-ring (bicyclic) bond motifs is 3. The molecule has 13 nitrogen and oxygen atoms in total. The van der Waals surface area contributed by atoms with Gasteiger partial charge in [-0.3, -0.25) is 4.79 Å². The van der Waals surface area contributed by atoms with Crippen molar-refractivity contribution in [2.75, 3.05) is 0 Å². The lowest BCUT2D eigenvalue weighted by molar-refractivity contribution is -0.224. The van der Waals surface area contributed by atoms with E-state index in [1.807, 2.05) is 0 Å². The van der Waals surface area contributed by atoms with Gasteiger partial charge in [-0.2, -0.15) is 0 Å². The van der Waals surface area contributed by atoms with Crippen molar-refractivity contribution in [1.29, 1.82) is 0 Å². The lowest BCUT2D eigenvalue weighted by Crippen LogP contribution is -2.74. The maximum Gasteiger partial charge on any atom is 0.509 e. The molecule has 44 heavy (non-hydrogen) atoms. The van der Waals surface area contributed by atoms with E-state index >= 15 is 0 Å². The van der Waals surface area contributed by atoms with E-state index in [4.69, 9.17) is 28.4 Å². The van der Waals surface area contributed by atoms with Gasteiger partial charge in [-0.05, 0) is 72.5 Å². The van der Waals surface area contributed by atoms with Gasteiger partial charge in [0.1, 0.15) is 17.3 Å². The van der Waals surface area contributed by atoms with Crippen LogP contribution in [0.2, 0.25) is 0 Å². The Morgan fingerprint density at radius 3 is 2.05 bits per heavy atom. The van der Waals surface area contributed by atoms with E-state index in [-0.39, 0.29) is 31.1 Å². The smallest absolute Gasteiger partial charge is 0.429 e. The molecule has 1 saturated heterocycles. The molecule has 4 aliphatic rings. The topological polar surface area (TPSA) is 181 Å². The van der Waals surface area contributed by atoms with Crippen LogP contribution >= 0.6 is 0 Å². The predicted octanol–water partition coefficient (Wildman–Crippen LogP) is 3.94. The first-order valence-electron chi connectivity index (χ1n) is 14.7. The summed E-state index contributed by atoms with van der Waals surface area (Å²) in [5, 5.41) is 22.7. The first-order chi connectivity index (χ1) is 19.9.